The van der Waals surface area contributed by atoms with Crippen LogP contribution in [0.5, 0.6) is 17.4 Å². The van der Waals surface area contributed by atoms with E-state index in [2.05, 4.69) is 41.4 Å². The SMILES string of the molecule is CCCOc1ccccc1Oc1ncccc1CNC(=NC)NC(C)CC. The number of nitrogens with one attached hydrogen (secondary N) is 2. The van der Waals surface area contributed by atoms with Crippen molar-refractivity contribution in [3.63, 3.8) is 0 Å². The molecule has 1 atom stereocenters. The summed E-state index contributed by atoms with van der Waals surface area (Å²) in [4.78, 5) is 8.66. The molecule has 1 unspecified atom stereocenters. The molecule has 6 nitrogen and oxygen atoms in total. The number of ether oxygens (including phenoxy) is 2. The summed E-state index contributed by atoms with van der Waals surface area (Å²) in [5.74, 6) is 2.69. The third-order valence-electron chi connectivity index (χ3n) is 4.03. The van der Waals surface area contributed by atoms with Crippen LogP contribution in [0.2, 0.25) is 0 Å². The lowest BCUT2D eigenvalue weighted by Gasteiger charge is -2.17. The van der Waals surface area contributed by atoms with Crippen molar-refractivity contribution in [3.8, 4) is 17.4 Å². The van der Waals surface area contributed by atoms with Crippen molar-refractivity contribution in [2.75, 3.05) is 13.7 Å². The molecule has 1 aromatic heterocycles. The molecule has 0 spiro atoms. The molecule has 1 aromatic carbocycles. The van der Waals surface area contributed by atoms with Crippen molar-refractivity contribution in [1.82, 2.24) is 15.6 Å². The van der Waals surface area contributed by atoms with Gasteiger partial charge in [0.15, 0.2) is 17.5 Å². The van der Waals surface area contributed by atoms with Crippen LogP contribution in [-0.4, -0.2) is 30.6 Å². The van der Waals surface area contributed by atoms with Gasteiger partial charge in [0.05, 0.1) is 6.61 Å². The molecule has 0 radical (unpaired) electrons. The summed E-state index contributed by atoms with van der Waals surface area (Å²) < 4.78 is 11.8. The lowest BCUT2D eigenvalue weighted by atomic mass is 10.2. The Morgan fingerprint density at radius 2 is 1.93 bits per heavy atom. The minimum absolute atomic E-state index is 0.350. The van der Waals surface area contributed by atoms with Gasteiger partial charge in [-0.05, 0) is 38.0 Å². The van der Waals surface area contributed by atoms with E-state index in [0.717, 1.165) is 30.1 Å². The van der Waals surface area contributed by atoms with Gasteiger partial charge in [-0.3, -0.25) is 4.99 Å². The van der Waals surface area contributed by atoms with Crippen LogP contribution in [0.15, 0.2) is 47.6 Å². The van der Waals surface area contributed by atoms with E-state index in [9.17, 15) is 0 Å². The maximum Gasteiger partial charge on any atom is 0.224 e. The average Bonchev–Trinajstić information content (AvgIpc) is 2.71. The number of pyridine rings is 1. The molecule has 1 heterocycles. The van der Waals surface area contributed by atoms with Crippen LogP contribution < -0.4 is 20.1 Å². The number of rotatable bonds is 9. The van der Waals surface area contributed by atoms with Crippen molar-refractivity contribution < 1.29 is 9.47 Å². The van der Waals surface area contributed by atoms with Gasteiger partial charge in [0.2, 0.25) is 5.88 Å². The van der Waals surface area contributed by atoms with Crippen LogP contribution in [0.3, 0.4) is 0 Å². The van der Waals surface area contributed by atoms with Gasteiger partial charge in [-0.25, -0.2) is 4.98 Å². The van der Waals surface area contributed by atoms with Gasteiger partial charge in [0, 0.05) is 31.4 Å². The fraction of sp³-hybridized carbons (Fsp3) is 0.429. The van der Waals surface area contributed by atoms with Gasteiger partial charge in [0.25, 0.3) is 0 Å². The first kappa shape index (κ1) is 20.6. The zero-order valence-corrected chi connectivity index (χ0v) is 16.7. The second-order valence-corrected chi connectivity index (χ2v) is 6.24. The molecule has 27 heavy (non-hydrogen) atoms. The molecule has 0 saturated carbocycles. The van der Waals surface area contributed by atoms with Crippen molar-refractivity contribution >= 4 is 5.96 Å². The minimum atomic E-state index is 0.350. The van der Waals surface area contributed by atoms with E-state index in [4.69, 9.17) is 9.47 Å². The maximum atomic E-state index is 6.07. The average molecular weight is 370 g/mol. The molecule has 2 N–H and O–H groups in total. The number of hydrogen-bond acceptors (Lipinski definition) is 4. The number of guanidine groups is 1. The van der Waals surface area contributed by atoms with E-state index in [1.807, 2.05) is 36.4 Å². The zero-order valence-electron chi connectivity index (χ0n) is 16.7. The normalized spacial score (nSPS) is 12.4. The number of aromatic nitrogens is 1. The molecule has 146 valence electrons. The van der Waals surface area contributed by atoms with Crippen LogP contribution in [-0.2, 0) is 6.54 Å². The first-order valence-corrected chi connectivity index (χ1v) is 9.48. The molecule has 2 aromatic rings. The molecule has 0 aliphatic rings. The van der Waals surface area contributed by atoms with E-state index < -0.39 is 0 Å². The Hall–Kier alpha value is -2.76. The Balaban J connectivity index is 2.10. The quantitative estimate of drug-likeness (QED) is 0.513. The van der Waals surface area contributed by atoms with Crippen molar-refractivity contribution in [3.05, 3.63) is 48.2 Å². The second kappa shape index (κ2) is 11.1. The number of nitrogens with zero attached hydrogens (tertiary/aromatic N) is 2. The van der Waals surface area contributed by atoms with Gasteiger partial charge in [-0.15, -0.1) is 0 Å². The van der Waals surface area contributed by atoms with E-state index in [1.165, 1.54) is 0 Å². The summed E-state index contributed by atoms with van der Waals surface area (Å²) in [5, 5.41) is 6.66. The fourth-order valence-electron chi connectivity index (χ4n) is 2.33. The Morgan fingerprint density at radius 1 is 1.15 bits per heavy atom. The summed E-state index contributed by atoms with van der Waals surface area (Å²) in [6.07, 6.45) is 3.69. The van der Waals surface area contributed by atoms with Crippen molar-refractivity contribution in [1.29, 1.82) is 0 Å². The van der Waals surface area contributed by atoms with Gasteiger partial charge < -0.3 is 20.1 Å². The van der Waals surface area contributed by atoms with E-state index in [-0.39, 0.29) is 0 Å². The lowest BCUT2D eigenvalue weighted by molar-refractivity contribution is 0.300. The smallest absolute Gasteiger partial charge is 0.224 e. The standard InChI is InChI=1S/C21H30N4O2/c1-5-14-26-18-11-7-8-12-19(18)27-20-17(10-9-13-23-20)15-24-21(22-4)25-16(3)6-2/h7-13,16H,5-6,14-15H2,1-4H3,(H2,22,24,25). The Labute approximate surface area is 162 Å². The molecule has 2 rings (SSSR count). The molecule has 0 aliphatic heterocycles. The van der Waals surface area contributed by atoms with Crippen LogP contribution in [0.1, 0.15) is 39.2 Å². The first-order valence-electron chi connectivity index (χ1n) is 9.48. The van der Waals surface area contributed by atoms with Crippen LogP contribution in [0.4, 0.5) is 0 Å². The van der Waals surface area contributed by atoms with Crippen LogP contribution >= 0.6 is 0 Å². The molecule has 0 amide bonds. The van der Waals surface area contributed by atoms with Gasteiger partial charge in [0.1, 0.15) is 0 Å². The third-order valence-corrected chi connectivity index (χ3v) is 4.03. The molecule has 0 aliphatic carbocycles. The van der Waals surface area contributed by atoms with Gasteiger partial charge >= 0.3 is 0 Å². The summed E-state index contributed by atoms with van der Waals surface area (Å²) in [5.41, 5.74) is 0.940. The van der Waals surface area contributed by atoms with Gasteiger partial charge in [-0.2, -0.15) is 0 Å². The fourth-order valence-corrected chi connectivity index (χ4v) is 2.33. The van der Waals surface area contributed by atoms with Crippen molar-refractivity contribution in [2.24, 2.45) is 4.99 Å². The molecule has 0 saturated heterocycles. The number of hydrogen-bond donors (Lipinski definition) is 2. The summed E-state index contributed by atoms with van der Waals surface area (Å²) in [6.45, 7) is 7.53. The topological polar surface area (TPSA) is 67.8 Å². The highest BCUT2D eigenvalue weighted by atomic mass is 16.5. The van der Waals surface area contributed by atoms with Crippen LogP contribution in [0.25, 0.3) is 0 Å². The van der Waals surface area contributed by atoms with Crippen molar-refractivity contribution in [2.45, 2.75) is 46.2 Å². The molecule has 6 heteroatoms. The highest BCUT2D eigenvalue weighted by Gasteiger charge is 2.11. The van der Waals surface area contributed by atoms with E-state index >= 15 is 0 Å². The minimum Gasteiger partial charge on any atom is -0.490 e. The summed E-state index contributed by atoms with van der Waals surface area (Å²) in [6, 6.07) is 11.9. The summed E-state index contributed by atoms with van der Waals surface area (Å²) >= 11 is 0. The Morgan fingerprint density at radius 3 is 2.63 bits per heavy atom. The largest absolute Gasteiger partial charge is 0.490 e. The lowest BCUT2D eigenvalue weighted by Crippen LogP contribution is -2.41. The predicted molar refractivity (Wildman–Crippen MR) is 110 cm³/mol. The molecule has 0 bridgehead atoms. The van der Waals surface area contributed by atoms with Crippen LogP contribution in [0, 0.1) is 0 Å². The Bertz CT molecular complexity index is 734. The zero-order chi connectivity index (χ0) is 19.5. The van der Waals surface area contributed by atoms with E-state index in [1.54, 1.807) is 13.2 Å². The molecular formula is C21H30N4O2. The highest BCUT2D eigenvalue weighted by Crippen LogP contribution is 2.31. The summed E-state index contributed by atoms with van der Waals surface area (Å²) in [7, 11) is 1.76. The molecule has 0 fully saturated rings. The second-order valence-electron chi connectivity index (χ2n) is 6.24. The number of benzene rings is 1. The van der Waals surface area contributed by atoms with Gasteiger partial charge in [-0.1, -0.05) is 32.0 Å². The monoisotopic (exact) mass is 370 g/mol. The number of para-hydroxylation sites is 2. The van der Waals surface area contributed by atoms with E-state index in [0.29, 0.717) is 30.8 Å². The number of aliphatic imine (C=N–C) groups is 1. The Kier molecular flexibility index (Phi) is 8.42. The first-order chi connectivity index (χ1) is 13.2. The maximum absolute atomic E-state index is 6.07. The third kappa shape index (κ3) is 6.47. The highest BCUT2D eigenvalue weighted by molar-refractivity contribution is 5.79. The predicted octanol–water partition coefficient (Wildman–Crippen LogP) is 4.13. The molecular weight excluding hydrogens is 340 g/mol.